The number of hydrogen-bond acceptors (Lipinski definition) is 5. The lowest BCUT2D eigenvalue weighted by molar-refractivity contribution is -0.453. The van der Waals surface area contributed by atoms with E-state index in [2.05, 4.69) is 10.2 Å². The molecular formula is C15H17N4O3+. The Morgan fingerprint density at radius 3 is 2.64 bits per heavy atom. The summed E-state index contributed by atoms with van der Waals surface area (Å²) in [6, 6.07) is 8.32. The highest BCUT2D eigenvalue weighted by atomic mass is 16.6. The van der Waals surface area contributed by atoms with Crippen LogP contribution in [0.1, 0.15) is 11.1 Å². The quantitative estimate of drug-likeness (QED) is 0.391. The maximum atomic E-state index is 11.1. The summed E-state index contributed by atoms with van der Waals surface area (Å²) >= 11 is 0. The van der Waals surface area contributed by atoms with E-state index < -0.39 is 4.92 Å². The maximum Gasteiger partial charge on any atom is 0.342 e. The van der Waals surface area contributed by atoms with Crippen LogP contribution in [0.25, 0.3) is 0 Å². The van der Waals surface area contributed by atoms with Gasteiger partial charge in [-0.25, -0.2) is 0 Å². The SMILES string of the molecule is COc1cc(N=[NH+]c2ccc(C)cc2[N+](=O)[O-])c(C)cc1N. The molecule has 3 N–H and O–H groups in total. The molecule has 2 aromatic rings. The highest BCUT2D eigenvalue weighted by Gasteiger charge is 2.19. The van der Waals surface area contributed by atoms with Gasteiger partial charge in [-0.05, 0) is 36.2 Å². The van der Waals surface area contributed by atoms with E-state index in [1.807, 2.05) is 6.92 Å². The van der Waals surface area contributed by atoms with Crippen LogP contribution >= 0.6 is 0 Å². The number of nitro groups is 1. The zero-order chi connectivity index (χ0) is 16.3. The average molecular weight is 301 g/mol. The molecule has 0 bridgehead atoms. The molecule has 0 radical (unpaired) electrons. The molecule has 0 aliphatic heterocycles. The minimum Gasteiger partial charge on any atom is -0.495 e. The van der Waals surface area contributed by atoms with Crippen LogP contribution < -0.4 is 15.6 Å². The lowest BCUT2D eigenvalue weighted by atomic mass is 10.1. The first kappa shape index (κ1) is 15.4. The highest BCUT2D eigenvalue weighted by Crippen LogP contribution is 2.30. The highest BCUT2D eigenvalue weighted by molar-refractivity contribution is 5.63. The van der Waals surface area contributed by atoms with Gasteiger partial charge in [0, 0.05) is 18.2 Å². The molecular weight excluding hydrogens is 284 g/mol. The first-order valence-electron chi connectivity index (χ1n) is 6.58. The van der Waals surface area contributed by atoms with Gasteiger partial charge in [-0.15, -0.1) is 0 Å². The van der Waals surface area contributed by atoms with Crippen molar-refractivity contribution in [3.63, 3.8) is 0 Å². The van der Waals surface area contributed by atoms with Crippen molar-refractivity contribution in [1.29, 1.82) is 0 Å². The first-order valence-corrected chi connectivity index (χ1v) is 6.58. The number of nitrogen functional groups attached to an aromatic ring is 1. The molecule has 2 aromatic carbocycles. The molecule has 0 amide bonds. The Balaban J connectivity index is 2.43. The summed E-state index contributed by atoms with van der Waals surface area (Å²) in [5, 5.41) is 18.0. The summed E-state index contributed by atoms with van der Waals surface area (Å²) in [5.41, 5.74) is 8.87. The van der Waals surface area contributed by atoms with Crippen LogP contribution in [0, 0.1) is 24.0 Å². The summed E-state index contributed by atoms with van der Waals surface area (Å²) < 4.78 is 5.15. The van der Waals surface area contributed by atoms with Crippen LogP contribution in [0.4, 0.5) is 22.7 Å². The third kappa shape index (κ3) is 3.20. The molecule has 0 unspecified atom stereocenters. The van der Waals surface area contributed by atoms with E-state index in [1.165, 1.54) is 13.2 Å². The van der Waals surface area contributed by atoms with E-state index in [9.17, 15) is 10.1 Å². The van der Waals surface area contributed by atoms with Crippen LogP contribution in [0.3, 0.4) is 0 Å². The van der Waals surface area contributed by atoms with Crippen LogP contribution in [0.5, 0.6) is 5.75 Å². The molecule has 7 nitrogen and oxygen atoms in total. The van der Waals surface area contributed by atoms with Crippen LogP contribution in [0.2, 0.25) is 0 Å². The maximum absolute atomic E-state index is 11.1. The summed E-state index contributed by atoms with van der Waals surface area (Å²) in [4.78, 5) is 10.6. The Morgan fingerprint density at radius 1 is 1.27 bits per heavy atom. The molecule has 114 valence electrons. The predicted molar refractivity (Wildman–Crippen MR) is 82.7 cm³/mol. The summed E-state index contributed by atoms with van der Waals surface area (Å²) in [5.74, 6) is 0.504. The molecule has 0 spiro atoms. The van der Waals surface area contributed by atoms with Crippen molar-refractivity contribution in [2.24, 2.45) is 5.11 Å². The number of rotatable bonds is 4. The van der Waals surface area contributed by atoms with Gasteiger partial charge in [-0.2, -0.15) is 0 Å². The molecule has 0 saturated carbocycles. The molecule has 0 aliphatic rings. The van der Waals surface area contributed by atoms with Crippen molar-refractivity contribution >= 4 is 22.7 Å². The smallest absolute Gasteiger partial charge is 0.342 e. The van der Waals surface area contributed by atoms with Crippen LogP contribution in [0.15, 0.2) is 35.4 Å². The number of nitro benzene ring substituents is 1. The van der Waals surface area contributed by atoms with E-state index in [4.69, 9.17) is 10.5 Å². The second-order valence-electron chi connectivity index (χ2n) is 4.88. The van der Waals surface area contributed by atoms with Gasteiger partial charge in [0.15, 0.2) is 0 Å². The normalized spacial score (nSPS) is 10.9. The Hall–Kier alpha value is -2.96. The van der Waals surface area contributed by atoms with E-state index in [-0.39, 0.29) is 5.69 Å². The number of methoxy groups -OCH3 is 1. The lowest BCUT2D eigenvalue weighted by Gasteiger charge is -2.05. The molecule has 0 fully saturated rings. The van der Waals surface area contributed by atoms with Crippen molar-refractivity contribution < 1.29 is 14.8 Å². The zero-order valence-electron chi connectivity index (χ0n) is 12.6. The Bertz CT molecular complexity index is 757. The van der Waals surface area contributed by atoms with Gasteiger partial charge in [0.25, 0.3) is 0 Å². The third-order valence-electron chi connectivity index (χ3n) is 3.20. The van der Waals surface area contributed by atoms with E-state index in [0.717, 1.165) is 11.1 Å². The second kappa shape index (κ2) is 6.21. The second-order valence-corrected chi connectivity index (χ2v) is 4.88. The lowest BCUT2D eigenvalue weighted by Crippen LogP contribution is -2.57. The van der Waals surface area contributed by atoms with Crippen LogP contribution in [-0.4, -0.2) is 12.0 Å². The minimum atomic E-state index is -0.443. The number of azo groups is 1. The minimum absolute atomic E-state index is 0.0242. The number of anilines is 1. The van der Waals surface area contributed by atoms with E-state index in [1.54, 1.807) is 31.2 Å². The molecule has 0 atom stereocenters. The van der Waals surface area contributed by atoms with E-state index >= 15 is 0 Å². The Morgan fingerprint density at radius 2 is 2.00 bits per heavy atom. The van der Waals surface area contributed by atoms with Gasteiger partial charge in [0.05, 0.1) is 17.7 Å². The number of nitrogens with one attached hydrogen (secondary N) is 1. The number of hydrogen-bond donors (Lipinski definition) is 2. The van der Waals surface area contributed by atoms with Crippen molar-refractivity contribution in [2.75, 3.05) is 12.8 Å². The fourth-order valence-corrected chi connectivity index (χ4v) is 2.00. The molecule has 22 heavy (non-hydrogen) atoms. The number of aryl methyl sites for hydroxylation is 2. The number of nitrogens with two attached hydrogens (primary N) is 1. The monoisotopic (exact) mass is 301 g/mol. The third-order valence-corrected chi connectivity index (χ3v) is 3.20. The topological polar surface area (TPSA) is 105 Å². The molecule has 7 heteroatoms. The molecule has 0 aliphatic carbocycles. The number of benzene rings is 2. The molecule has 0 saturated heterocycles. The van der Waals surface area contributed by atoms with Crippen molar-refractivity contribution in [3.05, 3.63) is 51.6 Å². The molecule has 0 aromatic heterocycles. The van der Waals surface area contributed by atoms with Gasteiger partial charge in [-0.3, -0.25) is 10.1 Å². The largest absolute Gasteiger partial charge is 0.495 e. The standard InChI is InChI=1S/C15H16N4O3/c1-9-4-5-12(14(6-9)19(20)21)17-18-13-8-15(22-3)11(16)7-10(13)2/h4-8H,16H2,1-3H3/p+1. The van der Waals surface area contributed by atoms with Gasteiger partial charge in [0.1, 0.15) is 11.4 Å². The molecule has 2 rings (SSSR count). The summed E-state index contributed by atoms with van der Waals surface area (Å²) in [6.45, 7) is 3.64. The van der Waals surface area contributed by atoms with Crippen molar-refractivity contribution in [1.82, 2.24) is 0 Å². The zero-order valence-corrected chi connectivity index (χ0v) is 12.6. The predicted octanol–water partition coefficient (Wildman–Crippen LogP) is 2.30. The fourth-order valence-electron chi connectivity index (χ4n) is 2.00. The van der Waals surface area contributed by atoms with Gasteiger partial charge in [-0.1, -0.05) is 11.2 Å². The number of nitrogens with zero attached hydrogens (tertiary/aromatic N) is 2. The average Bonchev–Trinajstić information content (AvgIpc) is 2.47. The first-order chi connectivity index (χ1) is 10.4. The van der Waals surface area contributed by atoms with Gasteiger partial charge < -0.3 is 10.5 Å². The summed E-state index contributed by atoms with van der Waals surface area (Å²) in [6.07, 6.45) is 0. The Kier molecular flexibility index (Phi) is 4.36. The Labute approximate surface area is 127 Å². The van der Waals surface area contributed by atoms with Crippen molar-refractivity contribution in [3.8, 4) is 5.75 Å². The summed E-state index contributed by atoms with van der Waals surface area (Å²) in [7, 11) is 1.52. The van der Waals surface area contributed by atoms with E-state index in [0.29, 0.717) is 22.8 Å². The van der Waals surface area contributed by atoms with Gasteiger partial charge in [0.2, 0.25) is 0 Å². The molecule has 0 heterocycles. The number of ether oxygens (including phenoxy) is 1. The fraction of sp³-hybridized carbons (Fsp3) is 0.200. The van der Waals surface area contributed by atoms with Crippen molar-refractivity contribution in [2.45, 2.75) is 13.8 Å². The van der Waals surface area contributed by atoms with Crippen LogP contribution in [-0.2, 0) is 0 Å². The van der Waals surface area contributed by atoms with Gasteiger partial charge >= 0.3 is 11.4 Å².